The molecule has 0 fully saturated rings. The van der Waals surface area contributed by atoms with Gasteiger partial charge in [0.05, 0.1) is 67.5 Å². The minimum atomic E-state index is -1.69. The van der Waals surface area contributed by atoms with Gasteiger partial charge in [-0.15, -0.1) is 0 Å². The third kappa shape index (κ3) is 14.3. The second-order valence-corrected chi connectivity index (χ2v) is 20.4. The van der Waals surface area contributed by atoms with Gasteiger partial charge in [-0.3, -0.25) is 0 Å². The Hall–Kier alpha value is -11.5. The lowest BCUT2D eigenvalue weighted by molar-refractivity contribution is 0.0651. The van der Waals surface area contributed by atoms with Gasteiger partial charge in [0.25, 0.3) is 0 Å². The SMILES string of the molecule is CCc1c2c(CC)c3c(CC)c1CNC(=O)Nc1cc(C(=O)O)c(C(=O)O)cc1NC(=O)NCc1c(CC)c(c(CC)c(c1CC)CNC(=O)Nc1cc(C(=O)O)c(C(=O)O)cc1NC(=O)NC3)CNC(=O)Nc1cc(C(=O)O)c(C(=O)O)cc1NC(=O)NC2. The van der Waals surface area contributed by atoms with Crippen LogP contribution in [0.1, 0.15) is 170 Å². The molecule has 474 valence electrons. The minimum absolute atomic E-state index is 0.209. The van der Waals surface area contributed by atoms with E-state index in [1.807, 2.05) is 0 Å². The first-order valence-corrected chi connectivity index (χ1v) is 28.4. The highest BCUT2D eigenvalue weighted by Crippen LogP contribution is 2.36. The Balaban J connectivity index is 1.54. The van der Waals surface area contributed by atoms with Gasteiger partial charge < -0.3 is 94.4 Å². The maximum Gasteiger partial charge on any atom is 0.336 e. The molecule has 0 saturated carbocycles. The smallest absolute Gasteiger partial charge is 0.336 e. The Morgan fingerprint density at radius 2 is 0.389 bits per heavy atom. The van der Waals surface area contributed by atoms with E-state index < -0.39 is 105 Å². The number of urea groups is 6. The highest BCUT2D eigenvalue weighted by atomic mass is 16.4. The van der Waals surface area contributed by atoms with E-state index in [0.717, 1.165) is 36.4 Å². The van der Waals surface area contributed by atoms with Crippen molar-refractivity contribution in [1.82, 2.24) is 31.9 Å². The largest absolute Gasteiger partial charge is 0.478 e. The Morgan fingerprint density at radius 3 is 0.489 bits per heavy atom. The van der Waals surface area contributed by atoms with Crippen molar-refractivity contribution in [3.63, 3.8) is 0 Å². The van der Waals surface area contributed by atoms with Crippen LogP contribution in [-0.2, 0) is 77.8 Å². The Bertz CT molecular complexity index is 3200. The number of benzene rings is 5. The van der Waals surface area contributed by atoms with Gasteiger partial charge in [0.1, 0.15) is 0 Å². The molecule has 5 aromatic rings. The lowest BCUT2D eigenvalue weighted by Gasteiger charge is -2.27. The van der Waals surface area contributed by atoms with Crippen LogP contribution in [0.2, 0.25) is 0 Å². The number of anilines is 6. The number of hydrogen-bond acceptors (Lipinski definition) is 12. The van der Waals surface area contributed by atoms with Crippen LogP contribution in [-0.4, -0.2) is 103 Å². The molecule has 0 aromatic heterocycles. The summed E-state index contributed by atoms with van der Waals surface area (Å²) in [5.74, 6) is -10.1. The average Bonchev–Trinajstić information content (AvgIpc) is 0.820. The second kappa shape index (κ2) is 28.4. The van der Waals surface area contributed by atoms with Gasteiger partial charge >= 0.3 is 72.0 Å². The molecule has 12 amide bonds. The van der Waals surface area contributed by atoms with Crippen LogP contribution in [0, 0.1) is 0 Å². The molecule has 3 heterocycles. The average molecular weight is 1240 g/mol. The van der Waals surface area contributed by atoms with Gasteiger partial charge in [0.2, 0.25) is 0 Å². The number of carboxylic acid groups (broad SMARTS) is 6. The number of carbonyl (C=O) groups excluding carboxylic acids is 6. The highest BCUT2D eigenvalue weighted by Gasteiger charge is 2.30. The van der Waals surface area contributed by atoms with Crippen LogP contribution in [0.25, 0.3) is 0 Å². The molecule has 0 spiro atoms. The molecule has 0 saturated heterocycles. The molecule has 0 unspecified atom stereocenters. The van der Waals surface area contributed by atoms with Crippen LogP contribution in [0.3, 0.4) is 0 Å². The molecule has 0 atom stereocenters. The van der Waals surface area contributed by atoms with Gasteiger partial charge in [-0.2, -0.15) is 0 Å². The van der Waals surface area contributed by atoms with E-state index in [2.05, 4.69) is 63.8 Å². The standard InChI is InChI=1S/C60H66N12O18/c1-7-25-37-19-61-55(85)67-43-13-31(49(73)74)33(51(77)78)15-45(43)70-58(88)64-22-40-28(10-4)41-23-65-59(89)71-46-16-34(52(79)80)32(50(75)76)14-44(46)68-56(86)62-20-38(25)27(9-3)39(26(37)8-2)21-63-57(87)69-47-17-35(53(81)82)36(54(83)84)18-48(47)72-60(90)66-24-42(29(40)11-5)30(41)12-6/h13-18H,7-12,19-24H2,1-6H3,(H,73,74)(H,75,76)(H,77,78)(H,79,80)(H,81,82)(H,83,84)(H2,61,67,85)(H2,62,68,86)(H2,63,69,87)(H2,64,70,88)(H2,65,71,89)(H2,66,72,90). The van der Waals surface area contributed by atoms with Crippen LogP contribution in [0.5, 0.6) is 0 Å². The number of rotatable bonds is 12. The van der Waals surface area contributed by atoms with E-state index in [1.165, 1.54) is 0 Å². The molecule has 90 heavy (non-hydrogen) atoms. The fourth-order valence-electron chi connectivity index (χ4n) is 11.5. The summed E-state index contributed by atoms with van der Waals surface area (Å²) >= 11 is 0. The van der Waals surface area contributed by atoms with Crippen LogP contribution < -0.4 is 63.8 Å². The van der Waals surface area contributed by atoms with Crippen LogP contribution in [0.15, 0.2) is 36.4 Å². The zero-order valence-corrected chi connectivity index (χ0v) is 49.5. The number of nitrogens with one attached hydrogen (secondary N) is 12. The Labute approximate surface area is 512 Å². The molecule has 3 aliphatic rings. The lowest BCUT2D eigenvalue weighted by Crippen LogP contribution is -2.35. The van der Waals surface area contributed by atoms with E-state index in [4.69, 9.17) is 0 Å². The van der Waals surface area contributed by atoms with Gasteiger partial charge in [-0.05, 0) is 142 Å². The number of hydrogen-bond donors (Lipinski definition) is 18. The molecular weight excluding hydrogens is 1180 g/mol. The normalized spacial score (nSPS) is 14.1. The molecule has 0 aliphatic carbocycles. The van der Waals surface area contributed by atoms with Gasteiger partial charge in [-0.25, -0.2) is 57.5 Å². The van der Waals surface area contributed by atoms with E-state index in [9.17, 15) is 88.2 Å². The summed E-state index contributed by atoms with van der Waals surface area (Å²) in [4.78, 5) is 161. The summed E-state index contributed by atoms with van der Waals surface area (Å²) < 4.78 is 0. The van der Waals surface area contributed by atoms with Crippen molar-refractivity contribution in [2.75, 3.05) is 31.9 Å². The molecule has 18 N–H and O–H groups in total. The monoisotopic (exact) mass is 1240 g/mol. The van der Waals surface area contributed by atoms with E-state index in [1.54, 1.807) is 41.5 Å². The van der Waals surface area contributed by atoms with E-state index >= 15 is 0 Å². The molecule has 3 aliphatic heterocycles. The second-order valence-electron chi connectivity index (χ2n) is 20.4. The van der Waals surface area contributed by atoms with E-state index in [0.29, 0.717) is 66.8 Å². The molecule has 30 nitrogen and oxygen atoms in total. The fourth-order valence-corrected chi connectivity index (χ4v) is 11.5. The molecular formula is C60H66N12O18. The number of carboxylic acids is 6. The number of fused-ring (bicyclic) bond motifs is 18. The maximum atomic E-state index is 14.3. The van der Waals surface area contributed by atoms with Gasteiger partial charge in [0, 0.05) is 39.3 Å². The van der Waals surface area contributed by atoms with Crippen molar-refractivity contribution in [2.45, 2.75) is 119 Å². The summed E-state index contributed by atoms with van der Waals surface area (Å²) in [7, 11) is 0. The fraction of sp³-hybridized carbons (Fsp3) is 0.300. The first-order valence-electron chi connectivity index (χ1n) is 28.4. The maximum absolute atomic E-state index is 14.3. The van der Waals surface area contributed by atoms with Crippen molar-refractivity contribution >= 4 is 106 Å². The van der Waals surface area contributed by atoms with Crippen molar-refractivity contribution in [2.24, 2.45) is 0 Å². The molecule has 0 radical (unpaired) electrons. The first kappa shape index (κ1) is 66.1. The quantitative estimate of drug-likeness (QED) is 0.0566. The summed E-state index contributed by atoms with van der Waals surface area (Å²) in [5.41, 5.74) is -0.706. The van der Waals surface area contributed by atoms with E-state index in [-0.39, 0.29) is 112 Å². The predicted molar refractivity (Wildman–Crippen MR) is 325 cm³/mol. The first-order chi connectivity index (χ1) is 42.8. The van der Waals surface area contributed by atoms with Crippen LogP contribution >= 0.6 is 0 Å². The topological polar surface area (TPSA) is 471 Å². The third-order valence-electron chi connectivity index (χ3n) is 15.4. The minimum Gasteiger partial charge on any atom is -0.478 e. The number of aromatic carboxylic acids is 6. The summed E-state index contributed by atoms with van der Waals surface area (Å²) in [6, 6.07) is -0.796. The Kier molecular flexibility index (Phi) is 20.8. The summed E-state index contributed by atoms with van der Waals surface area (Å²) in [5, 5.41) is 92.8. The Morgan fingerprint density at radius 1 is 0.267 bits per heavy atom. The summed E-state index contributed by atoms with van der Waals surface area (Å²) in [6.07, 6.45) is 1.25. The summed E-state index contributed by atoms with van der Waals surface area (Å²) in [6.45, 7) is 8.62. The van der Waals surface area contributed by atoms with Crippen molar-refractivity contribution in [3.8, 4) is 0 Å². The van der Waals surface area contributed by atoms with Gasteiger partial charge in [-0.1, -0.05) is 41.5 Å². The molecule has 30 heteroatoms. The number of amides is 12. The zero-order chi connectivity index (χ0) is 66.0. The van der Waals surface area contributed by atoms with Crippen molar-refractivity contribution in [3.05, 3.63) is 137 Å². The van der Waals surface area contributed by atoms with Crippen molar-refractivity contribution < 1.29 is 88.2 Å². The highest BCUT2D eigenvalue weighted by molar-refractivity contribution is 6.10. The number of carbonyl (C=O) groups is 12. The molecule has 6 bridgehead atoms. The lowest BCUT2D eigenvalue weighted by atomic mass is 9.83. The molecule has 5 aromatic carbocycles. The van der Waals surface area contributed by atoms with Crippen LogP contribution in [0.4, 0.5) is 62.9 Å². The zero-order valence-electron chi connectivity index (χ0n) is 49.5. The molecule has 8 rings (SSSR count). The predicted octanol–water partition coefficient (Wildman–Crippen LogP) is 7.81. The van der Waals surface area contributed by atoms with Crippen molar-refractivity contribution in [1.29, 1.82) is 0 Å². The van der Waals surface area contributed by atoms with Gasteiger partial charge in [0.15, 0.2) is 0 Å². The third-order valence-corrected chi connectivity index (χ3v) is 15.4.